The fourth-order valence-corrected chi connectivity index (χ4v) is 1.88. The summed E-state index contributed by atoms with van der Waals surface area (Å²) in [4.78, 5) is 11.4. The van der Waals surface area contributed by atoms with E-state index in [9.17, 15) is 4.79 Å². The predicted octanol–water partition coefficient (Wildman–Crippen LogP) is 3.26. The Kier molecular flexibility index (Phi) is 6.97. The van der Waals surface area contributed by atoms with Crippen LogP contribution in [0.15, 0.2) is 24.3 Å². The minimum absolute atomic E-state index is 0.0740. The van der Waals surface area contributed by atoms with Crippen LogP contribution in [0, 0.1) is 0 Å². The highest BCUT2D eigenvalue weighted by Gasteiger charge is 2.04. The number of anilines is 2. The number of nitrogens with one attached hydrogen (secondary N) is 2. The zero-order chi connectivity index (χ0) is 14.1. The maximum atomic E-state index is 11.4. The van der Waals surface area contributed by atoms with Crippen molar-refractivity contribution in [2.75, 3.05) is 24.4 Å². The minimum Gasteiger partial charge on any atom is -0.383 e. The third kappa shape index (κ3) is 6.25. The number of hydrogen-bond donors (Lipinski definition) is 2. The Labute approximate surface area is 115 Å². The van der Waals surface area contributed by atoms with Gasteiger partial charge in [-0.05, 0) is 31.5 Å². The van der Waals surface area contributed by atoms with Crippen LogP contribution in [0.3, 0.4) is 0 Å². The van der Waals surface area contributed by atoms with Gasteiger partial charge in [-0.1, -0.05) is 25.8 Å². The van der Waals surface area contributed by atoms with Gasteiger partial charge in [-0.3, -0.25) is 4.79 Å². The van der Waals surface area contributed by atoms with Gasteiger partial charge in [0, 0.05) is 24.5 Å². The van der Waals surface area contributed by atoms with Gasteiger partial charge in [0.2, 0.25) is 5.91 Å². The van der Waals surface area contributed by atoms with Crippen LogP contribution in [0.4, 0.5) is 11.4 Å². The molecular weight excluding hydrogens is 240 g/mol. The highest BCUT2D eigenvalue weighted by molar-refractivity contribution is 5.92. The summed E-state index contributed by atoms with van der Waals surface area (Å²) < 4.78 is 4.79. The molecule has 4 nitrogen and oxygen atoms in total. The second-order valence-electron chi connectivity index (χ2n) is 4.75. The van der Waals surface area contributed by atoms with Crippen LogP contribution in [0.25, 0.3) is 0 Å². The van der Waals surface area contributed by atoms with Crippen molar-refractivity contribution in [2.24, 2.45) is 0 Å². The third-order valence-corrected chi connectivity index (χ3v) is 2.83. The fraction of sp³-hybridized carbons (Fsp3) is 0.533. The average Bonchev–Trinajstić information content (AvgIpc) is 2.37. The van der Waals surface area contributed by atoms with E-state index in [1.54, 1.807) is 0 Å². The molecule has 1 aromatic carbocycles. The number of rotatable bonds is 8. The summed E-state index contributed by atoms with van der Waals surface area (Å²) >= 11 is 0. The first-order chi connectivity index (χ1) is 9.15. The first kappa shape index (κ1) is 15.5. The number of hydrogen-bond acceptors (Lipinski definition) is 3. The molecule has 106 valence electrons. The minimum atomic E-state index is -0.140. The number of amides is 1. The van der Waals surface area contributed by atoms with Crippen LogP contribution < -0.4 is 10.6 Å². The van der Waals surface area contributed by atoms with Crippen LogP contribution in [-0.2, 0) is 9.53 Å². The number of benzene rings is 1. The van der Waals surface area contributed by atoms with E-state index < -0.39 is 0 Å². The van der Waals surface area contributed by atoms with E-state index in [2.05, 4.69) is 24.5 Å². The quantitative estimate of drug-likeness (QED) is 0.757. The monoisotopic (exact) mass is 264 g/mol. The maximum Gasteiger partial charge on any atom is 0.250 e. The SMILES string of the molecule is CCCCC(C)Nc1cccc(NC(=O)COC)c1. The van der Waals surface area contributed by atoms with Crippen molar-refractivity contribution in [1.82, 2.24) is 0 Å². The van der Waals surface area contributed by atoms with Gasteiger partial charge in [-0.15, -0.1) is 0 Å². The number of carbonyl (C=O) groups excluding carboxylic acids is 1. The molecule has 19 heavy (non-hydrogen) atoms. The number of carbonyl (C=O) groups is 1. The molecular formula is C15H24N2O2. The summed E-state index contributed by atoms with van der Waals surface area (Å²) in [6.45, 7) is 4.44. The molecule has 0 heterocycles. The first-order valence-corrected chi connectivity index (χ1v) is 6.81. The van der Waals surface area contributed by atoms with Gasteiger partial charge >= 0.3 is 0 Å². The van der Waals surface area contributed by atoms with Gasteiger partial charge in [-0.2, -0.15) is 0 Å². The molecule has 1 atom stereocenters. The Morgan fingerprint density at radius 1 is 1.37 bits per heavy atom. The zero-order valence-corrected chi connectivity index (χ0v) is 12.0. The van der Waals surface area contributed by atoms with Crippen LogP contribution in [-0.4, -0.2) is 25.7 Å². The molecule has 0 fully saturated rings. The van der Waals surface area contributed by atoms with Crippen molar-refractivity contribution in [1.29, 1.82) is 0 Å². The molecule has 0 aliphatic rings. The van der Waals surface area contributed by atoms with Gasteiger partial charge in [0.25, 0.3) is 0 Å². The van der Waals surface area contributed by atoms with Crippen molar-refractivity contribution in [3.8, 4) is 0 Å². The summed E-state index contributed by atoms with van der Waals surface area (Å²) in [5.41, 5.74) is 1.81. The molecule has 0 aliphatic carbocycles. The summed E-state index contributed by atoms with van der Waals surface area (Å²) in [7, 11) is 1.51. The van der Waals surface area contributed by atoms with Gasteiger partial charge in [-0.25, -0.2) is 0 Å². The van der Waals surface area contributed by atoms with E-state index in [4.69, 9.17) is 4.74 Å². The lowest BCUT2D eigenvalue weighted by molar-refractivity contribution is -0.119. The normalized spacial score (nSPS) is 11.9. The number of unbranched alkanes of at least 4 members (excludes halogenated alkanes) is 1. The molecule has 0 aliphatic heterocycles. The van der Waals surface area contributed by atoms with Gasteiger partial charge in [0.1, 0.15) is 6.61 Å². The van der Waals surface area contributed by atoms with Gasteiger partial charge in [0.05, 0.1) is 0 Å². The smallest absolute Gasteiger partial charge is 0.250 e. The highest BCUT2D eigenvalue weighted by atomic mass is 16.5. The lowest BCUT2D eigenvalue weighted by atomic mass is 10.1. The van der Waals surface area contributed by atoms with Crippen LogP contribution in [0.1, 0.15) is 33.1 Å². The Bertz CT molecular complexity index is 393. The summed E-state index contributed by atoms with van der Waals surface area (Å²) in [5.74, 6) is -0.140. The third-order valence-electron chi connectivity index (χ3n) is 2.83. The summed E-state index contributed by atoms with van der Waals surface area (Å²) in [6.07, 6.45) is 3.58. The predicted molar refractivity (Wildman–Crippen MR) is 79.6 cm³/mol. The van der Waals surface area contributed by atoms with Crippen molar-refractivity contribution < 1.29 is 9.53 Å². The average molecular weight is 264 g/mol. The molecule has 1 amide bonds. The second kappa shape index (κ2) is 8.53. The fourth-order valence-electron chi connectivity index (χ4n) is 1.88. The van der Waals surface area contributed by atoms with E-state index in [-0.39, 0.29) is 12.5 Å². The molecule has 0 radical (unpaired) electrons. The van der Waals surface area contributed by atoms with Gasteiger partial charge < -0.3 is 15.4 Å². The Hall–Kier alpha value is -1.55. The van der Waals surface area contributed by atoms with E-state index in [0.717, 1.165) is 17.8 Å². The van der Waals surface area contributed by atoms with Crippen LogP contribution >= 0.6 is 0 Å². The number of ether oxygens (including phenoxy) is 1. The van der Waals surface area contributed by atoms with Crippen molar-refractivity contribution in [2.45, 2.75) is 39.2 Å². The Morgan fingerprint density at radius 3 is 2.79 bits per heavy atom. The van der Waals surface area contributed by atoms with Crippen LogP contribution in [0.5, 0.6) is 0 Å². The maximum absolute atomic E-state index is 11.4. The molecule has 4 heteroatoms. The van der Waals surface area contributed by atoms with E-state index in [1.165, 1.54) is 20.0 Å². The molecule has 0 bridgehead atoms. The topological polar surface area (TPSA) is 50.4 Å². The molecule has 2 N–H and O–H groups in total. The molecule has 1 rings (SSSR count). The largest absolute Gasteiger partial charge is 0.383 e. The molecule has 1 unspecified atom stereocenters. The molecule has 1 aromatic rings. The Morgan fingerprint density at radius 2 is 2.11 bits per heavy atom. The summed E-state index contributed by atoms with van der Waals surface area (Å²) in [6, 6.07) is 8.18. The lowest BCUT2D eigenvalue weighted by Gasteiger charge is -2.15. The second-order valence-corrected chi connectivity index (χ2v) is 4.75. The van der Waals surface area contributed by atoms with Crippen molar-refractivity contribution in [3.63, 3.8) is 0 Å². The van der Waals surface area contributed by atoms with Crippen molar-refractivity contribution >= 4 is 17.3 Å². The standard InChI is InChI=1S/C15H24N2O2/c1-4-5-7-12(2)16-13-8-6-9-14(10-13)17-15(18)11-19-3/h6,8-10,12,16H,4-5,7,11H2,1-3H3,(H,17,18). The van der Waals surface area contributed by atoms with E-state index in [0.29, 0.717) is 6.04 Å². The van der Waals surface area contributed by atoms with Crippen molar-refractivity contribution in [3.05, 3.63) is 24.3 Å². The molecule has 0 spiro atoms. The Balaban J connectivity index is 2.54. The molecule has 0 saturated heterocycles. The van der Waals surface area contributed by atoms with Gasteiger partial charge in [0.15, 0.2) is 0 Å². The molecule has 0 aromatic heterocycles. The molecule has 0 saturated carbocycles. The van der Waals surface area contributed by atoms with E-state index in [1.807, 2.05) is 24.3 Å². The van der Waals surface area contributed by atoms with Crippen LogP contribution in [0.2, 0.25) is 0 Å². The summed E-state index contributed by atoms with van der Waals surface area (Å²) in [5, 5.41) is 6.24. The highest BCUT2D eigenvalue weighted by Crippen LogP contribution is 2.17. The first-order valence-electron chi connectivity index (χ1n) is 6.81. The van der Waals surface area contributed by atoms with E-state index >= 15 is 0 Å². The lowest BCUT2D eigenvalue weighted by Crippen LogP contribution is -2.18. The zero-order valence-electron chi connectivity index (χ0n) is 12.0. The number of methoxy groups -OCH3 is 1.